The van der Waals surface area contributed by atoms with E-state index in [-0.39, 0.29) is 55.6 Å². The van der Waals surface area contributed by atoms with Crippen LogP contribution in [0.15, 0.2) is 42.6 Å². The average Bonchev–Trinajstić information content (AvgIpc) is 3.01. The van der Waals surface area contributed by atoms with Gasteiger partial charge in [0.2, 0.25) is 11.8 Å². The Morgan fingerprint density at radius 1 is 1.07 bits per heavy atom. The highest BCUT2D eigenvalue weighted by Crippen LogP contribution is 2.28. The van der Waals surface area contributed by atoms with E-state index in [0.29, 0.717) is 36.0 Å². The van der Waals surface area contributed by atoms with Crippen LogP contribution in [-0.2, 0) is 4.74 Å². The summed E-state index contributed by atoms with van der Waals surface area (Å²) in [5.74, 6) is 0.994. The molecule has 41 heavy (non-hydrogen) atoms. The van der Waals surface area contributed by atoms with Crippen LogP contribution in [0.1, 0.15) is 28.8 Å². The van der Waals surface area contributed by atoms with Gasteiger partial charge in [-0.3, -0.25) is 4.79 Å². The van der Waals surface area contributed by atoms with Crippen molar-refractivity contribution in [3.63, 3.8) is 0 Å². The van der Waals surface area contributed by atoms with Gasteiger partial charge in [-0.2, -0.15) is 10.2 Å². The first-order valence-electron chi connectivity index (χ1n) is 13.2. The van der Waals surface area contributed by atoms with Gasteiger partial charge in [0.1, 0.15) is 29.3 Å². The Bertz CT molecular complexity index is 1460. The topological polar surface area (TPSA) is 163 Å². The molecule has 0 aliphatic carbocycles. The quantitative estimate of drug-likeness (QED) is 0.437. The Morgan fingerprint density at radius 2 is 1.83 bits per heavy atom. The molecule has 2 saturated heterocycles. The second-order valence-corrected chi connectivity index (χ2v) is 9.46. The molecule has 2 N–H and O–H groups in total. The summed E-state index contributed by atoms with van der Waals surface area (Å²) in [5.41, 5.74) is 2.00. The van der Waals surface area contributed by atoms with Gasteiger partial charge in [-0.15, -0.1) is 0 Å². The molecule has 0 unspecified atom stereocenters. The third-order valence-electron chi connectivity index (χ3n) is 6.87. The summed E-state index contributed by atoms with van der Waals surface area (Å²) in [6.45, 7) is 2.34. The van der Waals surface area contributed by atoms with Gasteiger partial charge in [0.25, 0.3) is 5.91 Å². The minimum Gasteiger partial charge on any atom is -0.489 e. The van der Waals surface area contributed by atoms with Crippen LogP contribution in [0.5, 0.6) is 11.6 Å². The van der Waals surface area contributed by atoms with E-state index >= 15 is 0 Å². The Hall–Kier alpha value is -4.96. The van der Waals surface area contributed by atoms with E-state index in [9.17, 15) is 14.9 Å². The summed E-state index contributed by atoms with van der Waals surface area (Å²) in [6, 6.07) is 12.5. The molecule has 0 saturated carbocycles. The van der Waals surface area contributed by atoms with Gasteiger partial charge in [-0.25, -0.2) is 14.8 Å². The second kappa shape index (κ2) is 12.5. The first kappa shape index (κ1) is 27.6. The molecule has 2 fully saturated rings. The predicted molar refractivity (Wildman–Crippen MR) is 146 cm³/mol. The normalized spacial score (nSPS) is 15.6. The smallest absolute Gasteiger partial charge is 0.407 e. The van der Waals surface area contributed by atoms with Crippen LogP contribution in [0.4, 0.5) is 16.6 Å². The minimum absolute atomic E-state index is 0.0184. The van der Waals surface area contributed by atoms with Gasteiger partial charge in [0.15, 0.2) is 0 Å². The molecule has 2 aliphatic heterocycles. The highest BCUT2D eigenvalue weighted by Gasteiger charge is 2.27. The van der Waals surface area contributed by atoms with Gasteiger partial charge in [0, 0.05) is 50.8 Å². The number of methoxy groups -OCH3 is 1. The molecule has 2 aromatic heterocycles. The molecule has 1 aromatic carbocycles. The fourth-order valence-electron chi connectivity index (χ4n) is 4.65. The maximum atomic E-state index is 13.1. The standard InChI is InChI=1S/C28H29N7O6/c1-39-25-21(26(36)34-10-12-35(13-11-34)28(37)38)3-5-24(32-25)33-27-30-9-6-22(31-27)18-2-4-23(19(16-18)17-29)41-20-7-14-40-15-8-20/h2-6,9,16,20H,7-8,10-15H2,1H3,(H,37,38)(H,30,31,32,33). The lowest BCUT2D eigenvalue weighted by Crippen LogP contribution is -2.50. The summed E-state index contributed by atoms with van der Waals surface area (Å²) in [5, 5.41) is 21.9. The molecule has 5 rings (SSSR count). The second-order valence-electron chi connectivity index (χ2n) is 9.46. The summed E-state index contributed by atoms with van der Waals surface area (Å²) in [7, 11) is 1.42. The molecule has 212 valence electrons. The number of piperazine rings is 1. The Balaban J connectivity index is 1.29. The van der Waals surface area contributed by atoms with Crippen LogP contribution in [0.2, 0.25) is 0 Å². The van der Waals surface area contributed by atoms with E-state index < -0.39 is 6.09 Å². The van der Waals surface area contributed by atoms with Crippen molar-refractivity contribution in [2.45, 2.75) is 18.9 Å². The molecule has 3 aromatic rings. The van der Waals surface area contributed by atoms with Gasteiger partial charge in [-0.05, 0) is 36.4 Å². The molecule has 2 amide bonds. The van der Waals surface area contributed by atoms with Crippen LogP contribution in [-0.4, -0.2) is 94.5 Å². The number of benzene rings is 1. The van der Waals surface area contributed by atoms with Crippen molar-refractivity contribution in [2.75, 3.05) is 51.8 Å². The maximum absolute atomic E-state index is 13.1. The molecular formula is C28H29N7O6. The molecule has 13 heteroatoms. The first-order valence-corrected chi connectivity index (χ1v) is 13.2. The first-order chi connectivity index (χ1) is 19.9. The molecule has 4 heterocycles. The molecule has 0 radical (unpaired) electrons. The largest absolute Gasteiger partial charge is 0.489 e. The van der Waals surface area contributed by atoms with Crippen LogP contribution in [0, 0.1) is 11.3 Å². The number of anilines is 2. The van der Waals surface area contributed by atoms with Gasteiger partial charge in [0.05, 0.1) is 31.6 Å². The SMILES string of the molecule is COc1nc(Nc2nccc(-c3ccc(OC4CCOCC4)c(C#N)c3)n2)ccc1C(=O)N1CCN(C(=O)O)CC1. The summed E-state index contributed by atoms with van der Waals surface area (Å²) < 4.78 is 16.8. The number of carbonyl (C=O) groups is 2. The number of aromatic nitrogens is 3. The third-order valence-corrected chi connectivity index (χ3v) is 6.87. The van der Waals surface area contributed by atoms with E-state index in [0.717, 1.165) is 18.4 Å². The Kier molecular flexibility index (Phi) is 8.40. The fraction of sp³-hybridized carbons (Fsp3) is 0.357. The number of rotatable bonds is 7. The third kappa shape index (κ3) is 6.44. The zero-order valence-corrected chi connectivity index (χ0v) is 22.4. The van der Waals surface area contributed by atoms with Crippen LogP contribution >= 0.6 is 0 Å². The van der Waals surface area contributed by atoms with Crippen molar-refractivity contribution in [1.82, 2.24) is 24.8 Å². The minimum atomic E-state index is -1.000. The Labute approximate surface area is 236 Å². The number of pyridine rings is 1. The van der Waals surface area contributed by atoms with E-state index in [1.807, 2.05) is 6.07 Å². The average molecular weight is 560 g/mol. The molecular weight excluding hydrogens is 530 g/mol. The number of carbonyl (C=O) groups excluding carboxylic acids is 1. The van der Waals surface area contributed by atoms with Gasteiger partial charge < -0.3 is 34.4 Å². The van der Waals surface area contributed by atoms with Crippen molar-refractivity contribution in [1.29, 1.82) is 5.26 Å². The lowest BCUT2D eigenvalue weighted by atomic mass is 10.1. The number of carboxylic acid groups (broad SMARTS) is 1. The number of ether oxygens (including phenoxy) is 3. The van der Waals surface area contributed by atoms with Crippen LogP contribution < -0.4 is 14.8 Å². The zero-order valence-electron chi connectivity index (χ0n) is 22.4. The molecule has 0 atom stereocenters. The van der Waals surface area contributed by atoms with Gasteiger partial charge in [-0.1, -0.05) is 0 Å². The van der Waals surface area contributed by atoms with Crippen molar-refractivity contribution in [2.24, 2.45) is 0 Å². The molecule has 13 nitrogen and oxygen atoms in total. The van der Waals surface area contributed by atoms with E-state index in [1.165, 1.54) is 12.0 Å². The van der Waals surface area contributed by atoms with Crippen LogP contribution in [0.25, 0.3) is 11.3 Å². The summed E-state index contributed by atoms with van der Waals surface area (Å²) in [4.78, 5) is 40.3. The number of nitrogens with zero attached hydrogens (tertiary/aromatic N) is 6. The fourth-order valence-corrected chi connectivity index (χ4v) is 4.65. The lowest BCUT2D eigenvalue weighted by molar-refractivity contribution is 0.0254. The number of nitriles is 1. The lowest BCUT2D eigenvalue weighted by Gasteiger charge is -2.33. The number of amides is 2. The molecule has 2 aliphatic rings. The molecule has 0 bridgehead atoms. The van der Waals surface area contributed by atoms with Crippen molar-refractivity contribution >= 4 is 23.8 Å². The van der Waals surface area contributed by atoms with Gasteiger partial charge >= 0.3 is 6.09 Å². The number of nitrogens with one attached hydrogen (secondary N) is 1. The van der Waals surface area contributed by atoms with E-state index in [1.54, 1.807) is 41.4 Å². The molecule has 0 spiro atoms. The van der Waals surface area contributed by atoms with Crippen molar-refractivity contribution in [3.8, 4) is 29.0 Å². The highest BCUT2D eigenvalue weighted by molar-refractivity contribution is 5.96. The maximum Gasteiger partial charge on any atom is 0.407 e. The monoisotopic (exact) mass is 559 g/mol. The van der Waals surface area contributed by atoms with E-state index in [2.05, 4.69) is 26.3 Å². The van der Waals surface area contributed by atoms with E-state index in [4.69, 9.17) is 19.3 Å². The highest BCUT2D eigenvalue weighted by atomic mass is 16.5. The Morgan fingerprint density at radius 3 is 2.54 bits per heavy atom. The van der Waals surface area contributed by atoms with Crippen molar-refractivity contribution in [3.05, 3.63) is 53.7 Å². The summed E-state index contributed by atoms with van der Waals surface area (Å²) in [6.07, 6.45) is 2.18. The zero-order chi connectivity index (χ0) is 28.8. The predicted octanol–water partition coefficient (Wildman–Crippen LogP) is 3.16. The number of hydrogen-bond acceptors (Lipinski definition) is 10. The van der Waals surface area contributed by atoms with Crippen molar-refractivity contribution < 1.29 is 28.9 Å². The summed E-state index contributed by atoms with van der Waals surface area (Å²) >= 11 is 0. The van der Waals surface area contributed by atoms with Crippen LogP contribution in [0.3, 0.4) is 0 Å². The number of hydrogen-bond donors (Lipinski definition) is 2.